The summed E-state index contributed by atoms with van der Waals surface area (Å²) in [5, 5.41) is 9.69. The Balaban J connectivity index is 1.80. The third-order valence-electron chi connectivity index (χ3n) is 4.58. The van der Waals surface area contributed by atoms with Crippen molar-refractivity contribution in [2.24, 2.45) is 0 Å². The quantitative estimate of drug-likeness (QED) is 0.532. The fourth-order valence-electron chi connectivity index (χ4n) is 3.03. The Kier molecular flexibility index (Phi) is 3.91. The molecule has 0 radical (unpaired) electrons. The monoisotopic (exact) mass is 338 g/mol. The van der Waals surface area contributed by atoms with E-state index >= 15 is 0 Å². The number of aromatic amines is 1. The minimum absolute atomic E-state index is 0.507. The van der Waals surface area contributed by atoms with Crippen molar-refractivity contribution < 1.29 is 0 Å². The van der Waals surface area contributed by atoms with E-state index in [-0.39, 0.29) is 0 Å². The Bertz CT molecular complexity index is 1120. The van der Waals surface area contributed by atoms with Crippen molar-refractivity contribution in [1.29, 1.82) is 5.26 Å². The molecular weight excluding hydrogens is 320 g/mol. The molecule has 2 aromatic carbocycles. The molecule has 0 bridgehead atoms. The number of hydrogen-bond acceptors (Lipinski definition) is 2. The highest BCUT2D eigenvalue weighted by molar-refractivity contribution is 5.90. The zero-order chi connectivity index (χ0) is 18.1. The second kappa shape index (κ2) is 6.38. The van der Waals surface area contributed by atoms with Gasteiger partial charge in [0, 0.05) is 17.6 Å². The molecule has 2 aromatic heterocycles. The van der Waals surface area contributed by atoms with E-state index in [1.807, 2.05) is 65.4 Å². The Hall–Kier alpha value is -3.58. The highest BCUT2D eigenvalue weighted by atomic mass is 15.0. The molecule has 0 amide bonds. The molecule has 1 N–H and O–H groups in total. The second-order valence-electron chi connectivity index (χ2n) is 6.35. The van der Waals surface area contributed by atoms with E-state index in [1.54, 1.807) is 0 Å². The van der Waals surface area contributed by atoms with Crippen LogP contribution in [0, 0.1) is 25.2 Å². The number of benzene rings is 2. The first-order valence-corrected chi connectivity index (χ1v) is 8.47. The third-order valence-corrected chi connectivity index (χ3v) is 4.58. The van der Waals surface area contributed by atoms with Gasteiger partial charge in [0.25, 0.3) is 0 Å². The van der Waals surface area contributed by atoms with Crippen LogP contribution in [0.1, 0.15) is 22.6 Å². The molecule has 4 aromatic rings. The van der Waals surface area contributed by atoms with E-state index < -0.39 is 0 Å². The normalized spacial score (nSPS) is 11.7. The first-order chi connectivity index (χ1) is 12.7. The summed E-state index contributed by atoms with van der Waals surface area (Å²) in [4.78, 5) is 7.89. The molecule has 0 unspecified atom stereocenters. The van der Waals surface area contributed by atoms with Crippen molar-refractivity contribution in [1.82, 2.24) is 14.5 Å². The van der Waals surface area contributed by atoms with Crippen molar-refractivity contribution in [2.45, 2.75) is 13.8 Å². The third kappa shape index (κ3) is 2.80. The largest absolute Gasteiger partial charge is 0.337 e. The Morgan fingerprint density at radius 2 is 1.85 bits per heavy atom. The maximum Gasteiger partial charge on any atom is 0.149 e. The number of allylic oxidation sites excluding steroid dienone is 1. The summed E-state index contributed by atoms with van der Waals surface area (Å²) in [5.74, 6) is 0.591. The van der Waals surface area contributed by atoms with E-state index in [0.29, 0.717) is 11.4 Å². The van der Waals surface area contributed by atoms with Crippen LogP contribution in [0.5, 0.6) is 0 Å². The molecule has 0 fully saturated rings. The van der Waals surface area contributed by atoms with Gasteiger partial charge in [-0.1, -0.05) is 18.2 Å². The molecule has 0 aliphatic rings. The minimum atomic E-state index is 0.507. The van der Waals surface area contributed by atoms with Crippen molar-refractivity contribution >= 4 is 22.7 Å². The number of imidazole rings is 1. The van der Waals surface area contributed by atoms with Gasteiger partial charge in [0.05, 0.1) is 16.6 Å². The van der Waals surface area contributed by atoms with E-state index in [9.17, 15) is 5.26 Å². The number of aryl methyl sites for hydroxylation is 2. The van der Waals surface area contributed by atoms with Crippen LogP contribution in [0.15, 0.2) is 60.8 Å². The van der Waals surface area contributed by atoms with Crippen LogP contribution in [-0.2, 0) is 0 Å². The van der Waals surface area contributed by atoms with Crippen LogP contribution in [0.4, 0.5) is 0 Å². The van der Waals surface area contributed by atoms with Crippen molar-refractivity contribution in [3.05, 3.63) is 83.4 Å². The summed E-state index contributed by atoms with van der Waals surface area (Å²) in [6, 6.07) is 20.4. The molecule has 2 heterocycles. The molecule has 0 saturated heterocycles. The van der Waals surface area contributed by atoms with E-state index in [4.69, 9.17) is 0 Å². The fraction of sp³-hybridized carbons (Fsp3) is 0.0909. The maximum absolute atomic E-state index is 9.69. The number of para-hydroxylation sites is 1. The van der Waals surface area contributed by atoms with Gasteiger partial charge in [-0.2, -0.15) is 5.26 Å². The summed E-state index contributed by atoms with van der Waals surface area (Å²) in [6.45, 7) is 4.14. The predicted molar refractivity (Wildman–Crippen MR) is 105 cm³/mol. The number of fused-ring (bicyclic) bond motifs is 1. The number of nitrogens with zero attached hydrogens (tertiary/aromatic N) is 3. The Morgan fingerprint density at radius 1 is 1.08 bits per heavy atom. The van der Waals surface area contributed by atoms with Crippen LogP contribution < -0.4 is 0 Å². The van der Waals surface area contributed by atoms with Crippen molar-refractivity contribution in [2.75, 3.05) is 0 Å². The van der Waals surface area contributed by atoms with Crippen LogP contribution >= 0.6 is 0 Å². The number of nitrogens with one attached hydrogen (secondary N) is 1. The Morgan fingerprint density at radius 3 is 2.62 bits per heavy atom. The summed E-state index contributed by atoms with van der Waals surface area (Å²) in [5.41, 5.74) is 6.71. The SMILES string of the molecule is Cc1cc2nc(/C(C#N)=C\c3cccn3-c3ccccc3)[nH]c2cc1C. The lowest BCUT2D eigenvalue weighted by Crippen LogP contribution is -1.95. The zero-order valence-corrected chi connectivity index (χ0v) is 14.7. The van der Waals surface area contributed by atoms with Gasteiger partial charge in [0.15, 0.2) is 0 Å². The topological polar surface area (TPSA) is 57.4 Å². The summed E-state index contributed by atoms with van der Waals surface area (Å²) in [6.07, 6.45) is 3.85. The molecule has 26 heavy (non-hydrogen) atoms. The predicted octanol–water partition coefficient (Wildman–Crippen LogP) is 5.03. The van der Waals surface area contributed by atoms with Gasteiger partial charge in [-0.3, -0.25) is 0 Å². The highest BCUT2D eigenvalue weighted by Gasteiger charge is 2.10. The second-order valence-corrected chi connectivity index (χ2v) is 6.35. The van der Waals surface area contributed by atoms with Gasteiger partial charge < -0.3 is 9.55 Å². The summed E-state index contributed by atoms with van der Waals surface area (Å²) >= 11 is 0. The summed E-state index contributed by atoms with van der Waals surface area (Å²) < 4.78 is 2.05. The Labute approximate surface area is 152 Å². The molecule has 4 rings (SSSR count). The average molecular weight is 338 g/mol. The smallest absolute Gasteiger partial charge is 0.149 e. The molecule has 126 valence electrons. The number of nitriles is 1. The lowest BCUT2D eigenvalue weighted by Gasteiger charge is -2.06. The van der Waals surface area contributed by atoms with Gasteiger partial charge in [-0.25, -0.2) is 4.98 Å². The number of H-pyrrole nitrogens is 1. The standard InChI is InChI=1S/C22H18N4/c1-15-11-20-21(12-16(15)2)25-22(24-20)17(14-23)13-19-9-6-10-26(19)18-7-4-3-5-8-18/h3-13H,1-2H3,(H,24,25)/b17-13-. The first-order valence-electron chi connectivity index (χ1n) is 8.47. The number of aromatic nitrogens is 3. The number of rotatable bonds is 3. The molecule has 4 nitrogen and oxygen atoms in total. The van der Waals surface area contributed by atoms with Crippen LogP contribution in [0.3, 0.4) is 0 Å². The van der Waals surface area contributed by atoms with Crippen LogP contribution in [0.25, 0.3) is 28.4 Å². The van der Waals surface area contributed by atoms with E-state index in [1.165, 1.54) is 11.1 Å². The molecule has 0 saturated carbocycles. The zero-order valence-electron chi connectivity index (χ0n) is 14.7. The molecule has 0 aliphatic carbocycles. The van der Waals surface area contributed by atoms with E-state index in [0.717, 1.165) is 22.4 Å². The lowest BCUT2D eigenvalue weighted by molar-refractivity contribution is 1.06. The summed E-state index contributed by atoms with van der Waals surface area (Å²) in [7, 11) is 0. The van der Waals surface area contributed by atoms with E-state index in [2.05, 4.69) is 36.0 Å². The molecule has 0 aliphatic heterocycles. The molecular formula is C22H18N4. The van der Waals surface area contributed by atoms with Gasteiger partial charge in [0.2, 0.25) is 0 Å². The molecule has 0 spiro atoms. The van der Waals surface area contributed by atoms with Gasteiger partial charge in [-0.05, 0) is 67.4 Å². The molecule has 0 atom stereocenters. The van der Waals surface area contributed by atoms with Crippen molar-refractivity contribution in [3.8, 4) is 11.8 Å². The highest BCUT2D eigenvalue weighted by Crippen LogP contribution is 2.23. The average Bonchev–Trinajstić information content (AvgIpc) is 3.27. The molecule has 4 heteroatoms. The first kappa shape index (κ1) is 15.9. The van der Waals surface area contributed by atoms with Crippen molar-refractivity contribution in [3.63, 3.8) is 0 Å². The van der Waals surface area contributed by atoms with Gasteiger partial charge >= 0.3 is 0 Å². The van der Waals surface area contributed by atoms with Gasteiger partial charge in [-0.15, -0.1) is 0 Å². The fourth-order valence-corrected chi connectivity index (χ4v) is 3.03. The number of hydrogen-bond donors (Lipinski definition) is 1. The lowest BCUT2D eigenvalue weighted by atomic mass is 10.1. The van der Waals surface area contributed by atoms with Gasteiger partial charge in [0.1, 0.15) is 11.9 Å². The van der Waals surface area contributed by atoms with Crippen LogP contribution in [-0.4, -0.2) is 14.5 Å². The maximum atomic E-state index is 9.69. The van der Waals surface area contributed by atoms with Crippen LogP contribution in [0.2, 0.25) is 0 Å². The minimum Gasteiger partial charge on any atom is -0.337 e.